The zero-order valence-corrected chi connectivity index (χ0v) is 10.1. The van der Waals surface area contributed by atoms with Crippen molar-refractivity contribution in [2.45, 2.75) is 0 Å². The van der Waals surface area contributed by atoms with Crippen molar-refractivity contribution in [3.8, 4) is 17.4 Å². The molecular formula is C13H10N4O2. The Morgan fingerprint density at radius 1 is 1.21 bits per heavy atom. The zero-order chi connectivity index (χ0) is 13.2. The largest absolute Gasteiger partial charge is 0.467 e. The molecule has 3 aromatic rings. The summed E-state index contributed by atoms with van der Waals surface area (Å²) < 4.78 is 4.91. The first-order chi connectivity index (χ1) is 9.28. The maximum absolute atomic E-state index is 11.5. The van der Waals surface area contributed by atoms with Crippen molar-refractivity contribution >= 4 is 10.8 Å². The van der Waals surface area contributed by atoms with E-state index in [1.54, 1.807) is 12.4 Å². The molecule has 0 aliphatic rings. The smallest absolute Gasteiger partial charge is 0.351 e. The molecular weight excluding hydrogens is 244 g/mol. The van der Waals surface area contributed by atoms with Gasteiger partial charge in [-0.3, -0.25) is 9.97 Å². The minimum absolute atomic E-state index is 0.0413. The monoisotopic (exact) mass is 254 g/mol. The summed E-state index contributed by atoms with van der Waals surface area (Å²) in [7, 11) is 1.42. The number of benzene rings is 1. The van der Waals surface area contributed by atoms with E-state index in [0.717, 1.165) is 16.3 Å². The van der Waals surface area contributed by atoms with Gasteiger partial charge in [0.2, 0.25) is 0 Å². The maximum atomic E-state index is 11.5. The molecule has 0 fully saturated rings. The number of hydrogen-bond donors (Lipinski definition) is 1. The van der Waals surface area contributed by atoms with Crippen LogP contribution < -0.4 is 10.4 Å². The lowest BCUT2D eigenvalue weighted by molar-refractivity contribution is 0.377. The summed E-state index contributed by atoms with van der Waals surface area (Å²) in [5.74, 6) is 0.412. The van der Waals surface area contributed by atoms with Crippen LogP contribution in [0.15, 0.2) is 41.5 Å². The number of pyridine rings is 1. The second kappa shape index (κ2) is 4.49. The highest BCUT2D eigenvalue weighted by Gasteiger charge is 2.08. The normalized spacial score (nSPS) is 10.6. The number of ether oxygens (including phenoxy) is 1. The minimum Gasteiger partial charge on any atom is -0.467 e. The standard InChI is InChI=1S/C13H10N4O2/c1-19-13-16-11(15-12(18)17-13)9-4-2-3-8-5-6-14-7-10(8)9/h2-7H,1H3,(H,15,16,17,18). The van der Waals surface area contributed by atoms with Crippen molar-refractivity contribution in [2.24, 2.45) is 0 Å². The predicted molar refractivity (Wildman–Crippen MR) is 69.9 cm³/mol. The third kappa shape index (κ3) is 2.03. The van der Waals surface area contributed by atoms with Gasteiger partial charge in [0, 0.05) is 23.3 Å². The maximum Gasteiger partial charge on any atom is 0.351 e. The van der Waals surface area contributed by atoms with Crippen molar-refractivity contribution in [2.75, 3.05) is 7.11 Å². The first kappa shape index (κ1) is 11.3. The molecule has 1 N–H and O–H groups in total. The number of aromatic amines is 1. The molecule has 0 saturated heterocycles. The van der Waals surface area contributed by atoms with E-state index in [0.29, 0.717) is 5.82 Å². The highest BCUT2D eigenvalue weighted by atomic mass is 16.5. The minimum atomic E-state index is -0.497. The quantitative estimate of drug-likeness (QED) is 0.747. The molecule has 19 heavy (non-hydrogen) atoms. The number of fused-ring (bicyclic) bond motifs is 1. The number of hydrogen-bond acceptors (Lipinski definition) is 5. The van der Waals surface area contributed by atoms with Crippen LogP contribution in [0, 0.1) is 0 Å². The molecule has 2 aromatic heterocycles. The molecule has 6 heteroatoms. The van der Waals surface area contributed by atoms with Gasteiger partial charge in [0.25, 0.3) is 0 Å². The van der Waals surface area contributed by atoms with Gasteiger partial charge in [0.1, 0.15) is 5.82 Å². The average Bonchev–Trinajstić information content (AvgIpc) is 2.46. The molecule has 6 nitrogen and oxygen atoms in total. The highest BCUT2D eigenvalue weighted by molar-refractivity contribution is 5.94. The lowest BCUT2D eigenvalue weighted by Crippen LogP contribution is -2.14. The van der Waals surface area contributed by atoms with Gasteiger partial charge >= 0.3 is 11.7 Å². The number of nitrogens with zero attached hydrogens (tertiary/aromatic N) is 3. The molecule has 0 saturated carbocycles. The summed E-state index contributed by atoms with van der Waals surface area (Å²) in [5, 5.41) is 1.92. The Hall–Kier alpha value is -2.76. The van der Waals surface area contributed by atoms with Crippen molar-refractivity contribution in [1.82, 2.24) is 19.9 Å². The van der Waals surface area contributed by atoms with Crippen molar-refractivity contribution in [3.05, 3.63) is 47.1 Å². The highest BCUT2D eigenvalue weighted by Crippen LogP contribution is 2.25. The molecule has 2 heterocycles. The Bertz CT molecular complexity index is 793. The Kier molecular flexibility index (Phi) is 2.68. The van der Waals surface area contributed by atoms with Crippen LogP contribution in [0.25, 0.3) is 22.2 Å². The molecule has 94 valence electrons. The topological polar surface area (TPSA) is 80.8 Å². The number of rotatable bonds is 2. The molecule has 0 aliphatic heterocycles. The molecule has 0 radical (unpaired) electrons. The van der Waals surface area contributed by atoms with E-state index in [1.165, 1.54) is 7.11 Å². The van der Waals surface area contributed by atoms with Gasteiger partial charge in [-0.05, 0) is 11.5 Å². The number of nitrogens with one attached hydrogen (secondary N) is 1. The van der Waals surface area contributed by atoms with Crippen LogP contribution in [0.2, 0.25) is 0 Å². The fourth-order valence-electron chi connectivity index (χ4n) is 1.90. The van der Waals surface area contributed by atoms with E-state index in [-0.39, 0.29) is 6.01 Å². The summed E-state index contributed by atoms with van der Waals surface area (Å²) >= 11 is 0. The van der Waals surface area contributed by atoms with Crippen LogP contribution in [-0.2, 0) is 0 Å². The molecule has 0 spiro atoms. The van der Waals surface area contributed by atoms with Gasteiger partial charge in [-0.15, -0.1) is 4.98 Å². The Morgan fingerprint density at radius 2 is 2.11 bits per heavy atom. The van der Waals surface area contributed by atoms with Crippen molar-refractivity contribution < 1.29 is 4.74 Å². The molecule has 0 aliphatic carbocycles. The summed E-state index contributed by atoms with van der Waals surface area (Å²) in [4.78, 5) is 25.9. The fourth-order valence-corrected chi connectivity index (χ4v) is 1.90. The van der Waals surface area contributed by atoms with Gasteiger partial charge < -0.3 is 4.74 Å². The van der Waals surface area contributed by atoms with E-state index in [2.05, 4.69) is 19.9 Å². The number of methoxy groups -OCH3 is 1. The Balaban J connectivity index is 2.30. The van der Waals surface area contributed by atoms with Crippen LogP contribution in [0.5, 0.6) is 6.01 Å². The number of H-pyrrole nitrogens is 1. The molecule has 0 atom stereocenters. The summed E-state index contributed by atoms with van der Waals surface area (Å²) in [5.41, 5.74) is 0.283. The first-order valence-electron chi connectivity index (χ1n) is 5.63. The van der Waals surface area contributed by atoms with Crippen molar-refractivity contribution in [1.29, 1.82) is 0 Å². The Morgan fingerprint density at radius 3 is 2.95 bits per heavy atom. The molecule has 0 bridgehead atoms. The molecule has 3 rings (SSSR count). The second-order valence-corrected chi connectivity index (χ2v) is 3.89. The average molecular weight is 254 g/mol. The summed E-state index contributed by atoms with van der Waals surface area (Å²) in [6.45, 7) is 0. The van der Waals surface area contributed by atoms with Gasteiger partial charge in [-0.2, -0.15) is 4.98 Å². The van der Waals surface area contributed by atoms with Crippen LogP contribution >= 0.6 is 0 Å². The van der Waals surface area contributed by atoms with Crippen LogP contribution in [0.3, 0.4) is 0 Å². The summed E-state index contributed by atoms with van der Waals surface area (Å²) in [6, 6.07) is 7.67. The third-order valence-corrected chi connectivity index (χ3v) is 2.75. The van der Waals surface area contributed by atoms with Crippen LogP contribution in [0.4, 0.5) is 0 Å². The van der Waals surface area contributed by atoms with Gasteiger partial charge in [0.15, 0.2) is 0 Å². The zero-order valence-electron chi connectivity index (χ0n) is 10.1. The van der Waals surface area contributed by atoms with Gasteiger partial charge in [-0.1, -0.05) is 18.2 Å². The van der Waals surface area contributed by atoms with Gasteiger partial charge in [-0.25, -0.2) is 4.79 Å². The van der Waals surface area contributed by atoms with E-state index < -0.39 is 5.69 Å². The molecule has 0 unspecified atom stereocenters. The summed E-state index contributed by atoms with van der Waals surface area (Å²) in [6.07, 6.45) is 3.45. The lowest BCUT2D eigenvalue weighted by Gasteiger charge is -2.05. The SMILES string of the molecule is COc1nc(-c2cccc3ccncc23)[nH]c(=O)n1. The molecule has 1 aromatic carbocycles. The fraction of sp³-hybridized carbons (Fsp3) is 0.0769. The van der Waals surface area contributed by atoms with Crippen LogP contribution in [-0.4, -0.2) is 27.0 Å². The van der Waals surface area contributed by atoms with E-state index in [4.69, 9.17) is 4.74 Å². The molecule has 0 amide bonds. The number of aromatic nitrogens is 4. The van der Waals surface area contributed by atoms with Crippen molar-refractivity contribution in [3.63, 3.8) is 0 Å². The predicted octanol–water partition coefficient (Wildman–Crippen LogP) is 1.39. The third-order valence-electron chi connectivity index (χ3n) is 2.75. The van der Waals surface area contributed by atoms with E-state index in [1.807, 2.05) is 24.3 Å². The van der Waals surface area contributed by atoms with Gasteiger partial charge in [0.05, 0.1) is 7.11 Å². The van der Waals surface area contributed by atoms with Crippen LogP contribution in [0.1, 0.15) is 0 Å². The first-order valence-corrected chi connectivity index (χ1v) is 5.63. The Labute approximate surface area is 108 Å². The van der Waals surface area contributed by atoms with E-state index >= 15 is 0 Å². The van der Waals surface area contributed by atoms with E-state index in [9.17, 15) is 4.79 Å². The lowest BCUT2D eigenvalue weighted by atomic mass is 10.1. The second-order valence-electron chi connectivity index (χ2n) is 3.89.